The van der Waals surface area contributed by atoms with Crippen LogP contribution >= 0.6 is 11.8 Å². The predicted molar refractivity (Wildman–Crippen MR) is 88.3 cm³/mol. The molecule has 20 heavy (non-hydrogen) atoms. The smallest absolute Gasteiger partial charge is 0.0535 e. The number of piperazine rings is 1. The van der Waals surface area contributed by atoms with Gasteiger partial charge in [0.2, 0.25) is 0 Å². The fourth-order valence-corrected chi connectivity index (χ4v) is 4.92. The van der Waals surface area contributed by atoms with E-state index in [2.05, 4.69) is 65.5 Å². The highest BCUT2D eigenvalue weighted by Crippen LogP contribution is 2.35. The van der Waals surface area contributed by atoms with Crippen molar-refractivity contribution in [3.63, 3.8) is 0 Å². The molecule has 1 saturated heterocycles. The molecule has 0 radical (unpaired) electrons. The molecule has 2 fully saturated rings. The topological polar surface area (TPSA) is 15.3 Å². The van der Waals surface area contributed by atoms with Gasteiger partial charge in [-0.15, -0.1) is 0 Å². The van der Waals surface area contributed by atoms with Crippen LogP contribution in [0.4, 0.5) is 0 Å². The van der Waals surface area contributed by atoms with Crippen LogP contribution in [0.1, 0.15) is 31.7 Å². The van der Waals surface area contributed by atoms with Crippen molar-refractivity contribution in [2.24, 2.45) is 0 Å². The monoisotopic (exact) mass is 290 g/mol. The van der Waals surface area contributed by atoms with Gasteiger partial charge in [0.05, 0.1) is 5.54 Å². The van der Waals surface area contributed by atoms with E-state index in [1.165, 1.54) is 31.4 Å². The second kappa shape index (κ2) is 6.08. The Hall–Kier alpha value is -0.510. The average Bonchev–Trinajstić information content (AvgIpc) is 2.97. The van der Waals surface area contributed by atoms with Crippen molar-refractivity contribution < 1.29 is 0 Å². The van der Waals surface area contributed by atoms with Crippen LogP contribution in [0.2, 0.25) is 0 Å². The second-order valence-corrected chi connectivity index (χ2v) is 7.44. The van der Waals surface area contributed by atoms with Crippen LogP contribution in [0.15, 0.2) is 30.3 Å². The van der Waals surface area contributed by atoms with Gasteiger partial charge in [0.1, 0.15) is 0 Å². The van der Waals surface area contributed by atoms with E-state index in [4.69, 9.17) is 0 Å². The first-order valence-electron chi connectivity index (χ1n) is 7.80. The Labute approximate surface area is 127 Å². The van der Waals surface area contributed by atoms with E-state index in [0.717, 1.165) is 24.4 Å². The molecule has 110 valence electrons. The zero-order chi connectivity index (χ0) is 14.0. The quantitative estimate of drug-likeness (QED) is 0.921. The molecule has 0 spiro atoms. The number of hydrogen-bond donors (Lipinski definition) is 1. The van der Waals surface area contributed by atoms with Gasteiger partial charge in [0, 0.05) is 30.9 Å². The molecule has 2 aliphatic rings. The number of thioether (sulfide) groups is 1. The van der Waals surface area contributed by atoms with E-state index in [9.17, 15) is 0 Å². The van der Waals surface area contributed by atoms with Crippen molar-refractivity contribution in [2.75, 3.05) is 25.9 Å². The molecule has 2 nitrogen and oxygen atoms in total. The molecule has 1 heterocycles. The number of rotatable bonds is 3. The van der Waals surface area contributed by atoms with E-state index in [1.54, 1.807) is 0 Å². The summed E-state index contributed by atoms with van der Waals surface area (Å²) in [6, 6.07) is 11.7. The molecule has 3 unspecified atom stereocenters. The Balaban J connectivity index is 1.76. The van der Waals surface area contributed by atoms with Crippen molar-refractivity contribution in [3.05, 3.63) is 35.9 Å². The minimum Gasteiger partial charge on any atom is -0.305 e. The largest absolute Gasteiger partial charge is 0.305 e. The van der Waals surface area contributed by atoms with E-state index in [-0.39, 0.29) is 5.54 Å². The Kier molecular flexibility index (Phi) is 4.39. The third-order valence-corrected chi connectivity index (χ3v) is 6.19. The Morgan fingerprint density at radius 1 is 1.25 bits per heavy atom. The molecule has 1 aromatic rings. The van der Waals surface area contributed by atoms with Gasteiger partial charge in [-0.2, -0.15) is 11.8 Å². The lowest BCUT2D eigenvalue weighted by Crippen LogP contribution is -2.59. The first-order valence-corrected chi connectivity index (χ1v) is 9.09. The molecule has 1 aromatic carbocycles. The lowest BCUT2D eigenvalue weighted by atomic mass is 9.89. The maximum atomic E-state index is 3.75. The minimum absolute atomic E-state index is 0.102. The highest BCUT2D eigenvalue weighted by Gasteiger charge is 2.38. The normalized spacial score (nSPS) is 35.3. The van der Waals surface area contributed by atoms with Crippen LogP contribution in [0.25, 0.3) is 0 Å². The molecule has 0 bridgehead atoms. The number of benzene rings is 1. The fourth-order valence-electron chi connectivity index (χ4n) is 3.90. The van der Waals surface area contributed by atoms with Gasteiger partial charge in [0.15, 0.2) is 0 Å². The molecular weight excluding hydrogens is 264 g/mol. The zero-order valence-electron chi connectivity index (χ0n) is 12.6. The third kappa shape index (κ3) is 2.76. The van der Waals surface area contributed by atoms with E-state index < -0.39 is 0 Å². The molecule has 1 aliphatic carbocycles. The van der Waals surface area contributed by atoms with Gasteiger partial charge in [-0.1, -0.05) is 36.8 Å². The summed E-state index contributed by atoms with van der Waals surface area (Å²) in [6.07, 6.45) is 6.47. The highest BCUT2D eigenvalue weighted by molar-refractivity contribution is 7.99. The molecule has 3 rings (SSSR count). The van der Waals surface area contributed by atoms with Gasteiger partial charge in [-0.05, 0) is 31.6 Å². The molecule has 1 N–H and O–H groups in total. The first-order chi connectivity index (χ1) is 9.73. The maximum absolute atomic E-state index is 3.75. The Morgan fingerprint density at radius 3 is 2.80 bits per heavy atom. The van der Waals surface area contributed by atoms with Crippen LogP contribution in [0.3, 0.4) is 0 Å². The molecule has 0 aromatic heterocycles. The SMILES string of the molecule is CSC1CCCC1N1CCNC(C)(c2ccccc2)C1. The van der Waals surface area contributed by atoms with Crippen LogP contribution < -0.4 is 5.32 Å². The molecular formula is C17H26N2S. The summed E-state index contributed by atoms with van der Waals surface area (Å²) in [7, 11) is 0. The zero-order valence-corrected chi connectivity index (χ0v) is 13.5. The molecule has 1 saturated carbocycles. The summed E-state index contributed by atoms with van der Waals surface area (Å²) in [6.45, 7) is 5.80. The second-order valence-electron chi connectivity index (χ2n) is 6.37. The molecule has 3 heteroatoms. The summed E-state index contributed by atoms with van der Waals surface area (Å²) < 4.78 is 0. The number of nitrogens with zero attached hydrogens (tertiary/aromatic N) is 1. The van der Waals surface area contributed by atoms with Crippen LogP contribution in [-0.2, 0) is 5.54 Å². The lowest BCUT2D eigenvalue weighted by molar-refractivity contribution is 0.103. The summed E-state index contributed by atoms with van der Waals surface area (Å²) >= 11 is 2.07. The van der Waals surface area contributed by atoms with Gasteiger partial charge in [-0.25, -0.2) is 0 Å². The van der Waals surface area contributed by atoms with Crippen molar-refractivity contribution in [2.45, 2.75) is 43.0 Å². The summed E-state index contributed by atoms with van der Waals surface area (Å²) in [4.78, 5) is 2.75. The predicted octanol–water partition coefficient (Wildman–Crippen LogP) is 3.09. The minimum atomic E-state index is 0.102. The van der Waals surface area contributed by atoms with E-state index in [1.807, 2.05) is 0 Å². The van der Waals surface area contributed by atoms with Gasteiger partial charge >= 0.3 is 0 Å². The van der Waals surface area contributed by atoms with Crippen LogP contribution in [-0.4, -0.2) is 42.1 Å². The number of hydrogen-bond acceptors (Lipinski definition) is 3. The maximum Gasteiger partial charge on any atom is 0.0535 e. The standard InChI is InChI=1S/C17H26N2S/c1-17(14-7-4-3-5-8-14)13-19(12-11-18-17)15-9-6-10-16(15)20-2/h3-5,7-8,15-16,18H,6,9-13H2,1-2H3. The van der Waals surface area contributed by atoms with Crippen molar-refractivity contribution >= 4 is 11.8 Å². The average molecular weight is 290 g/mol. The van der Waals surface area contributed by atoms with Crippen LogP contribution in [0, 0.1) is 0 Å². The van der Waals surface area contributed by atoms with Gasteiger partial charge in [-0.3, -0.25) is 4.90 Å². The lowest BCUT2D eigenvalue weighted by Gasteiger charge is -2.45. The molecule has 1 aliphatic heterocycles. The van der Waals surface area contributed by atoms with Crippen molar-refractivity contribution in [3.8, 4) is 0 Å². The van der Waals surface area contributed by atoms with Crippen molar-refractivity contribution in [1.29, 1.82) is 0 Å². The molecule has 0 amide bonds. The van der Waals surface area contributed by atoms with Crippen molar-refractivity contribution in [1.82, 2.24) is 10.2 Å². The first kappa shape index (κ1) is 14.4. The van der Waals surface area contributed by atoms with Gasteiger partial charge in [0.25, 0.3) is 0 Å². The summed E-state index contributed by atoms with van der Waals surface area (Å²) in [5.74, 6) is 0. The fraction of sp³-hybridized carbons (Fsp3) is 0.647. The molecule has 3 atom stereocenters. The summed E-state index contributed by atoms with van der Waals surface area (Å²) in [5.41, 5.74) is 1.52. The van der Waals surface area contributed by atoms with Gasteiger partial charge < -0.3 is 5.32 Å². The van der Waals surface area contributed by atoms with E-state index in [0.29, 0.717) is 0 Å². The number of nitrogens with one attached hydrogen (secondary N) is 1. The van der Waals surface area contributed by atoms with E-state index >= 15 is 0 Å². The summed E-state index contributed by atoms with van der Waals surface area (Å²) in [5, 5.41) is 4.59. The highest BCUT2D eigenvalue weighted by atomic mass is 32.2. The Morgan fingerprint density at radius 2 is 2.05 bits per heavy atom. The Bertz CT molecular complexity index is 436. The van der Waals surface area contributed by atoms with Crippen LogP contribution in [0.5, 0.6) is 0 Å². The third-order valence-electron chi connectivity index (χ3n) is 5.03.